The van der Waals surface area contributed by atoms with Crippen LogP contribution in [0.25, 0.3) is 11.4 Å². The van der Waals surface area contributed by atoms with E-state index in [0.29, 0.717) is 24.3 Å². The molecule has 0 radical (unpaired) electrons. The predicted molar refractivity (Wildman–Crippen MR) is 98.6 cm³/mol. The highest BCUT2D eigenvalue weighted by Crippen LogP contribution is 2.19. The molecular formula is C19H27N5O2. The molecule has 0 bridgehead atoms. The molecule has 2 aromatic rings. The number of hydrogen-bond donors (Lipinski definition) is 0. The molecule has 1 aromatic carbocycles. The van der Waals surface area contributed by atoms with Crippen LogP contribution in [0.1, 0.15) is 33.6 Å². The van der Waals surface area contributed by atoms with E-state index in [1.54, 1.807) is 0 Å². The molecule has 0 N–H and O–H groups in total. The number of piperidine rings is 1. The number of tetrazole rings is 1. The molecule has 3 rings (SSSR count). The highest BCUT2D eigenvalue weighted by atomic mass is 16.5. The first-order chi connectivity index (χ1) is 12.5. The summed E-state index contributed by atoms with van der Waals surface area (Å²) in [5.41, 5.74) is 0.854. The third-order valence-electron chi connectivity index (χ3n) is 4.56. The maximum Gasteiger partial charge on any atom is 0.246 e. The SMILES string of the molecule is CC(C)COc1ccc(-c2nnn(CC(=O)N3CCC(C)CC3)n2)cc1. The number of carbonyl (C=O) groups excluding carboxylic acids is 1. The summed E-state index contributed by atoms with van der Waals surface area (Å²) in [5, 5.41) is 12.4. The van der Waals surface area contributed by atoms with E-state index in [-0.39, 0.29) is 12.5 Å². The molecule has 1 aliphatic rings. The largest absolute Gasteiger partial charge is 0.493 e. The Balaban J connectivity index is 1.58. The number of ether oxygens (including phenoxy) is 1. The highest BCUT2D eigenvalue weighted by Gasteiger charge is 2.21. The van der Waals surface area contributed by atoms with Crippen molar-refractivity contribution in [1.29, 1.82) is 0 Å². The number of amides is 1. The van der Waals surface area contributed by atoms with Crippen LogP contribution in [-0.2, 0) is 11.3 Å². The summed E-state index contributed by atoms with van der Waals surface area (Å²) in [7, 11) is 0. The Labute approximate surface area is 154 Å². The molecule has 0 spiro atoms. The summed E-state index contributed by atoms with van der Waals surface area (Å²) >= 11 is 0. The van der Waals surface area contributed by atoms with Crippen molar-refractivity contribution in [3.63, 3.8) is 0 Å². The molecule has 0 unspecified atom stereocenters. The molecule has 0 atom stereocenters. The quantitative estimate of drug-likeness (QED) is 0.795. The fraction of sp³-hybridized carbons (Fsp3) is 0.579. The van der Waals surface area contributed by atoms with E-state index in [9.17, 15) is 4.79 Å². The summed E-state index contributed by atoms with van der Waals surface area (Å²) in [4.78, 5) is 15.6. The van der Waals surface area contributed by atoms with E-state index in [2.05, 4.69) is 36.2 Å². The second-order valence-corrected chi connectivity index (χ2v) is 7.44. The van der Waals surface area contributed by atoms with E-state index in [1.165, 1.54) is 4.80 Å². The summed E-state index contributed by atoms with van der Waals surface area (Å²) < 4.78 is 5.68. The average Bonchev–Trinajstić information content (AvgIpc) is 3.09. The molecule has 1 saturated heterocycles. The Kier molecular flexibility index (Phi) is 5.85. The van der Waals surface area contributed by atoms with Crippen LogP contribution in [0.5, 0.6) is 5.75 Å². The number of carbonyl (C=O) groups is 1. The molecule has 0 aliphatic carbocycles. The van der Waals surface area contributed by atoms with Crippen LogP contribution in [0.4, 0.5) is 0 Å². The Morgan fingerprint density at radius 1 is 1.23 bits per heavy atom. The van der Waals surface area contributed by atoms with E-state index < -0.39 is 0 Å². The van der Waals surface area contributed by atoms with Crippen LogP contribution in [-0.4, -0.2) is 50.7 Å². The highest BCUT2D eigenvalue weighted by molar-refractivity contribution is 5.75. The van der Waals surface area contributed by atoms with Crippen molar-refractivity contribution in [2.24, 2.45) is 11.8 Å². The van der Waals surface area contributed by atoms with Gasteiger partial charge < -0.3 is 9.64 Å². The number of aromatic nitrogens is 4. The van der Waals surface area contributed by atoms with E-state index in [4.69, 9.17) is 4.74 Å². The third kappa shape index (κ3) is 4.80. The van der Waals surface area contributed by atoms with Crippen LogP contribution < -0.4 is 4.74 Å². The van der Waals surface area contributed by atoms with Gasteiger partial charge in [0.1, 0.15) is 12.3 Å². The normalized spacial score (nSPS) is 15.5. The number of likely N-dealkylation sites (tertiary alicyclic amines) is 1. The number of rotatable bonds is 6. The Morgan fingerprint density at radius 2 is 1.92 bits per heavy atom. The zero-order valence-electron chi connectivity index (χ0n) is 15.8. The van der Waals surface area contributed by atoms with Crippen LogP contribution in [0.2, 0.25) is 0 Å². The molecule has 140 valence electrons. The summed E-state index contributed by atoms with van der Waals surface area (Å²) in [6.07, 6.45) is 2.13. The van der Waals surface area contributed by atoms with Gasteiger partial charge in [-0.05, 0) is 54.2 Å². The zero-order valence-corrected chi connectivity index (χ0v) is 15.8. The van der Waals surface area contributed by atoms with Gasteiger partial charge >= 0.3 is 0 Å². The monoisotopic (exact) mass is 357 g/mol. The standard InChI is InChI=1S/C19H27N5O2/c1-14(2)13-26-17-6-4-16(5-7-17)19-20-22-24(21-19)12-18(25)23-10-8-15(3)9-11-23/h4-7,14-15H,8-13H2,1-3H3. The lowest BCUT2D eigenvalue weighted by atomic mass is 9.99. The minimum atomic E-state index is 0.0540. The fourth-order valence-corrected chi connectivity index (χ4v) is 2.87. The lowest BCUT2D eigenvalue weighted by Crippen LogP contribution is -2.40. The first kappa shape index (κ1) is 18.4. The van der Waals surface area contributed by atoms with Gasteiger partial charge in [-0.15, -0.1) is 10.2 Å². The minimum Gasteiger partial charge on any atom is -0.493 e. The molecule has 1 aromatic heterocycles. The molecule has 1 aliphatic heterocycles. The predicted octanol–water partition coefficient (Wildman–Crippen LogP) is 2.63. The molecule has 1 amide bonds. The van der Waals surface area contributed by atoms with Gasteiger partial charge in [0.05, 0.1) is 6.61 Å². The topological polar surface area (TPSA) is 73.1 Å². The molecule has 1 fully saturated rings. The van der Waals surface area contributed by atoms with E-state index in [1.807, 2.05) is 29.2 Å². The van der Waals surface area contributed by atoms with Crippen LogP contribution in [0.15, 0.2) is 24.3 Å². The van der Waals surface area contributed by atoms with Gasteiger partial charge in [0.15, 0.2) is 0 Å². The second kappa shape index (κ2) is 8.29. The van der Waals surface area contributed by atoms with Crippen LogP contribution in [0, 0.1) is 11.8 Å². The van der Waals surface area contributed by atoms with Gasteiger partial charge in [0, 0.05) is 18.7 Å². The Bertz CT molecular complexity index is 718. The van der Waals surface area contributed by atoms with Crippen molar-refractivity contribution in [1.82, 2.24) is 25.1 Å². The average molecular weight is 357 g/mol. The van der Waals surface area contributed by atoms with Crippen molar-refractivity contribution >= 4 is 5.91 Å². The molecule has 7 nitrogen and oxygen atoms in total. The minimum absolute atomic E-state index is 0.0540. The van der Waals surface area contributed by atoms with Gasteiger partial charge in [-0.3, -0.25) is 4.79 Å². The van der Waals surface area contributed by atoms with Gasteiger partial charge in [-0.2, -0.15) is 4.80 Å². The maximum atomic E-state index is 12.4. The zero-order chi connectivity index (χ0) is 18.5. The first-order valence-electron chi connectivity index (χ1n) is 9.30. The lowest BCUT2D eigenvalue weighted by Gasteiger charge is -2.30. The van der Waals surface area contributed by atoms with Crippen molar-refractivity contribution < 1.29 is 9.53 Å². The van der Waals surface area contributed by atoms with Crippen molar-refractivity contribution in [3.05, 3.63) is 24.3 Å². The smallest absolute Gasteiger partial charge is 0.246 e. The molecule has 2 heterocycles. The second-order valence-electron chi connectivity index (χ2n) is 7.44. The summed E-state index contributed by atoms with van der Waals surface area (Å²) in [6.45, 7) is 8.91. The summed E-state index contributed by atoms with van der Waals surface area (Å²) in [5.74, 6) is 2.57. The van der Waals surface area contributed by atoms with Gasteiger partial charge in [0.25, 0.3) is 0 Å². The molecule has 26 heavy (non-hydrogen) atoms. The van der Waals surface area contributed by atoms with Gasteiger partial charge in [-0.1, -0.05) is 20.8 Å². The van der Waals surface area contributed by atoms with Crippen LogP contribution >= 0.6 is 0 Å². The van der Waals surface area contributed by atoms with E-state index in [0.717, 1.165) is 37.2 Å². The molecule has 7 heteroatoms. The molecular weight excluding hydrogens is 330 g/mol. The fourth-order valence-electron chi connectivity index (χ4n) is 2.87. The Hall–Kier alpha value is -2.44. The van der Waals surface area contributed by atoms with Crippen molar-refractivity contribution in [3.8, 4) is 17.1 Å². The number of nitrogens with zero attached hydrogens (tertiary/aromatic N) is 5. The molecule has 0 saturated carbocycles. The lowest BCUT2D eigenvalue weighted by molar-refractivity contribution is -0.133. The van der Waals surface area contributed by atoms with Gasteiger partial charge in [-0.25, -0.2) is 0 Å². The number of benzene rings is 1. The van der Waals surface area contributed by atoms with Crippen LogP contribution in [0.3, 0.4) is 0 Å². The first-order valence-corrected chi connectivity index (χ1v) is 9.30. The van der Waals surface area contributed by atoms with E-state index >= 15 is 0 Å². The number of hydrogen-bond acceptors (Lipinski definition) is 5. The Morgan fingerprint density at radius 3 is 2.58 bits per heavy atom. The maximum absolute atomic E-state index is 12.4. The van der Waals surface area contributed by atoms with Gasteiger partial charge in [0.2, 0.25) is 11.7 Å². The van der Waals surface area contributed by atoms with Crippen molar-refractivity contribution in [2.45, 2.75) is 40.2 Å². The summed E-state index contributed by atoms with van der Waals surface area (Å²) in [6, 6.07) is 7.62. The van der Waals surface area contributed by atoms with Crippen molar-refractivity contribution in [2.75, 3.05) is 19.7 Å². The third-order valence-corrected chi connectivity index (χ3v) is 4.56.